The summed E-state index contributed by atoms with van der Waals surface area (Å²) in [5.41, 5.74) is 13.6. The lowest BCUT2D eigenvalue weighted by Gasteiger charge is -2.05. The average molecular weight is 268 g/mol. The predicted octanol–water partition coefficient (Wildman–Crippen LogP) is 2.40. The molecule has 0 bridgehead atoms. The SMILES string of the molecule is NC(=Cc1ccccc1O)C(N)=Cc1ccccc1O. The molecule has 4 nitrogen and oxygen atoms in total. The van der Waals surface area contributed by atoms with Crippen LogP contribution in [-0.4, -0.2) is 10.2 Å². The Labute approximate surface area is 117 Å². The van der Waals surface area contributed by atoms with Gasteiger partial charge in [-0.25, -0.2) is 0 Å². The van der Waals surface area contributed by atoms with Gasteiger partial charge in [0.25, 0.3) is 0 Å². The van der Waals surface area contributed by atoms with Crippen molar-refractivity contribution in [3.8, 4) is 11.5 Å². The smallest absolute Gasteiger partial charge is 0.122 e. The Balaban J connectivity index is 2.32. The topological polar surface area (TPSA) is 92.5 Å². The van der Waals surface area contributed by atoms with E-state index in [1.165, 1.54) is 0 Å². The zero-order valence-electron chi connectivity index (χ0n) is 10.8. The lowest BCUT2D eigenvalue weighted by atomic mass is 10.1. The Kier molecular flexibility index (Phi) is 3.96. The molecule has 20 heavy (non-hydrogen) atoms. The maximum atomic E-state index is 9.67. The van der Waals surface area contributed by atoms with Crippen molar-refractivity contribution in [2.24, 2.45) is 11.5 Å². The highest BCUT2D eigenvalue weighted by Crippen LogP contribution is 2.21. The van der Waals surface area contributed by atoms with Crippen molar-refractivity contribution in [3.63, 3.8) is 0 Å². The average Bonchev–Trinajstić information content (AvgIpc) is 2.43. The van der Waals surface area contributed by atoms with Crippen LogP contribution in [0.4, 0.5) is 0 Å². The van der Waals surface area contributed by atoms with Gasteiger partial charge in [-0.05, 0) is 24.3 Å². The van der Waals surface area contributed by atoms with Crippen molar-refractivity contribution in [2.75, 3.05) is 0 Å². The zero-order valence-corrected chi connectivity index (χ0v) is 10.8. The first-order valence-electron chi connectivity index (χ1n) is 6.08. The van der Waals surface area contributed by atoms with E-state index >= 15 is 0 Å². The van der Waals surface area contributed by atoms with E-state index in [-0.39, 0.29) is 11.5 Å². The Hall–Kier alpha value is -2.88. The molecule has 2 aromatic rings. The van der Waals surface area contributed by atoms with Gasteiger partial charge in [-0.2, -0.15) is 0 Å². The van der Waals surface area contributed by atoms with E-state index in [2.05, 4.69) is 0 Å². The summed E-state index contributed by atoms with van der Waals surface area (Å²) >= 11 is 0. The van der Waals surface area contributed by atoms with Crippen LogP contribution in [0, 0.1) is 0 Å². The van der Waals surface area contributed by atoms with Crippen molar-refractivity contribution >= 4 is 12.2 Å². The van der Waals surface area contributed by atoms with E-state index in [4.69, 9.17) is 11.5 Å². The minimum Gasteiger partial charge on any atom is -0.507 e. The van der Waals surface area contributed by atoms with Crippen LogP contribution in [0.2, 0.25) is 0 Å². The summed E-state index contributed by atoms with van der Waals surface area (Å²) in [6, 6.07) is 13.6. The van der Waals surface area contributed by atoms with Gasteiger partial charge in [0.2, 0.25) is 0 Å². The van der Waals surface area contributed by atoms with Crippen molar-refractivity contribution in [2.45, 2.75) is 0 Å². The monoisotopic (exact) mass is 268 g/mol. The number of hydrogen-bond acceptors (Lipinski definition) is 4. The lowest BCUT2D eigenvalue weighted by molar-refractivity contribution is 0.473. The van der Waals surface area contributed by atoms with Crippen LogP contribution in [0.25, 0.3) is 12.2 Å². The lowest BCUT2D eigenvalue weighted by Crippen LogP contribution is -2.08. The van der Waals surface area contributed by atoms with E-state index < -0.39 is 0 Å². The summed E-state index contributed by atoms with van der Waals surface area (Å²) in [5, 5.41) is 19.3. The zero-order chi connectivity index (χ0) is 14.5. The summed E-state index contributed by atoms with van der Waals surface area (Å²) in [6.07, 6.45) is 3.17. The summed E-state index contributed by atoms with van der Waals surface area (Å²) in [7, 11) is 0. The van der Waals surface area contributed by atoms with Gasteiger partial charge in [-0.1, -0.05) is 36.4 Å². The molecule has 2 rings (SSSR count). The first-order chi connectivity index (χ1) is 9.58. The molecule has 4 heteroatoms. The molecule has 102 valence electrons. The molecule has 0 radical (unpaired) electrons. The molecular formula is C16H16N2O2. The van der Waals surface area contributed by atoms with Crippen molar-refractivity contribution in [1.82, 2.24) is 0 Å². The number of aromatic hydroxyl groups is 2. The van der Waals surface area contributed by atoms with E-state index in [0.717, 1.165) is 0 Å². The number of rotatable bonds is 3. The fourth-order valence-electron chi connectivity index (χ4n) is 1.72. The quantitative estimate of drug-likeness (QED) is 0.643. The van der Waals surface area contributed by atoms with Crippen LogP contribution in [0.5, 0.6) is 11.5 Å². The minimum atomic E-state index is 0.130. The maximum absolute atomic E-state index is 9.67. The molecule has 0 aliphatic heterocycles. The first-order valence-corrected chi connectivity index (χ1v) is 6.08. The van der Waals surface area contributed by atoms with Gasteiger partial charge in [0.15, 0.2) is 0 Å². The van der Waals surface area contributed by atoms with Gasteiger partial charge in [0, 0.05) is 11.1 Å². The molecule has 0 unspecified atom stereocenters. The molecule has 2 aromatic carbocycles. The molecule has 0 amide bonds. The standard InChI is InChI=1S/C16H16N2O2/c17-13(9-11-5-1-3-7-15(11)19)14(18)10-12-6-2-4-8-16(12)20/h1-10,19-20H,17-18H2. The number of para-hydroxylation sites is 2. The van der Waals surface area contributed by atoms with Gasteiger partial charge in [-0.15, -0.1) is 0 Å². The van der Waals surface area contributed by atoms with E-state index in [1.54, 1.807) is 60.7 Å². The third-order valence-corrected chi connectivity index (χ3v) is 2.83. The molecule has 0 saturated carbocycles. The maximum Gasteiger partial charge on any atom is 0.122 e. The molecule has 6 N–H and O–H groups in total. The number of hydrogen-bond donors (Lipinski definition) is 4. The molecule has 0 aromatic heterocycles. The molecule has 0 saturated heterocycles. The van der Waals surface area contributed by atoms with Crippen molar-refractivity contribution < 1.29 is 10.2 Å². The minimum absolute atomic E-state index is 0.130. The van der Waals surface area contributed by atoms with Gasteiger partial charge >= 0.3 is 0 Å². The molecular weight excluding hydrogens is 252 g/mol. The number of nitrogens with two attached hydrogens (primary N) is 2. The summed E-state index contributed by atoms with van der Waals surface area (Å²) in [4.78, 5) is 0. The van der Waals surface area contributed by atoms with Gasteiger partial charge < -0.3 is 21.7 Å². The number of phenolic OH excluding ortho intramolecular Hbond substituents is 2. The van der Waals surface area contributed by atoms with Crippen LogP contribution in [-0.2, 0) is 0 Å². The third-order valence-electron chi connectivity index (χ3n) is 2.83. The molecule has 0 heterocycles. The van der Waals surface area contributed by atoms with Crippen LogP contribution >= 0.6 is 0 Å². The van der Waals surface area contributed by atoms with Crippen LogP contribution in [0.15, 0.2) is 59.9 Å². The van der Waals surface area contributed by atoms with Crippen molar-refractivity contribution in [1.29, 1.82) is 0 Å². The number of benzene rings is 2. The van der Waals surface area contributed by atoms with Crippen LogP contribution in [0.3, 0.4) is 0 Å². The van der Waals surface area contributed by atoms with Gasteiger partial charge in [0.1, 0.15) is 11.5 Å². The fraction of sp³-hybridized carbons (Fsp3) is 0. The van der Waals surface area contributed by atoms with E-state index in [1.807, 2.05) is 0 Å². The van der Waals surface area contributed by atoms with Crippen LogP contribution in [0.1, 0.15) is 11.1 Å². The predicted molar refractivity (Wildman–Crippen MR) is 80.5 cm³/mol. The summed E-state index contributed by atoms with van der Waals surface area (Å²) < 4.78 is 0. The Bertz CT molecular complexity index is 616. The largest absolute Gasteiger partial charge is 0.507 e. The second kappa shape index (κ2) is 5.84. The normalized spacial score (nSPS) is 12.4. The van der Waals surface area contributed by atoms with Crippen molar-refractivity contribution in [3.05, 3.63) is 71.1 Å². The first kappa shape index (κ1) is 13.5. The number of phenols is 2. The van der Waals surface area contributed by atoms with Crippen LogP contribution < -0.4 is 11.5 Å². The Morgan fingerprint density at radius 2 is 1.05 bits per heavy atom. The third kappa shape index (κ3) is 3.11. The summed E-state index contributed by atoms with van der Waals surface area (Å²) in [5.74, 6) is 0.261. The van der Waals surface area contributed by atoms with E-state index in [0.29, 0.717) is 22.5 Å². The highest BCUT2D eigenvalue weighted by atomic mass is 16.3. The summed E-state index contributed by atoms with van der Waals surface area (Å²) in [6.45, 7) is 0. The highest BCUT2D eigenvalue weighted by Gasteiger charge is 2.02. The molecule has 0 aliphatic rings. The fourth-order valence-corrected chi connectivity index (χ4v) is 1.72. The van der Waals surface area contributed by atoms with Gasteiger partial charge in [-0.3, -0.25) is 0 Å². The van der Waals surface area contributed by atoms with E-state index in [9.17, 15) is 10.2 Å². The molecule has 0 spiro atoms. The molecule has 0 fully saturated rings. The highest BCUT2D eigenvalue weighted by molar-refractivity contribution is 5.68. The molecule has 0 aliphatic carbocycles. The second-order valence-electron chi connectivity index (χ2n) is 4.32. The molecule has 0 atom stereocenters. The Morgan fingerprint density at radius 1 is 0.700 bits per heavy atom. The Morgan fingerprint density at radius 3 is 1.40 bits per heavy atom. The second-order valence-corrected chi connectivity index (χ2v) is 4.32. The van der Waals surface area contributed by atoms with Gasteiger partial charge in [0.05, 0.1) is 11.4 Å².